The first-order chi connectivity index (χ1) is 15.5. The summed E-state index contributed by atoms with van der Waals surface area (Å²) in [6.45, 7) is 3.91. The van der Waals surface area contributed by atoms with Crippen molar-refractivity contribution in [2.45, 2.75) is 49.8 Å². The van der Waals surface area contributed by atoms with Gasteiger partial charge in [-0.25, -0.2) is 0 Å². The minimum Gasteiger partial charge on any atom is -0.366 e. The summed E-state index contributed by atoms with van der Waals surface area (Å²) < 4.78 is 24.5. The molecule has 2 unspecified atom stereocenters. The lowest BCUT2D eigenvalue weighted by Gasteiger charge is -2.37. The first-order valence-electron chi connectivity index (χ1n) is 11.0. The summed E-state index contributed by atoms with van der Waals surface area (Å²) in [5.74, 6) is -0.770. The van der Waals surface area contributed by atoms with E-state index < -0.39 is 36.0 Å². The zero-order valence-electron chi connectivity index (χ0n) is 18.3. The van der Waals surface area contributed by atoms with Crippen LogP contribution in [-0.4, -0.2) is 42.1 Å². The summed E-state index contributed by atoms with van der Waals surface area (Å²) in [4.78, 5) is 0. The highest BCUT2D eigenvalue weighted by molar-refractivity contribution is 5.47. The Labute approximate surface area is 188 Å². The number of aliphatic hydroxyl groups is 1. The van der Waals surface area contributed by atoms with Crippen LogP contribution in [0.15, 0.2) is 91.0 Å². The second kappa shape index (κ2) is 8.43. The molecule has 2 fully saturated rings. The third kappa shape index (κ3) is 3.76. The van der Waals surface area contributed by atoms with Gasteiger partial charge in [0.15, 0.2) is 12.1 Å². The van der Waals surface area contributed by atoms with Crippen molar-refractivity contribution >= 4 is 0 Å². The predicted molar refractivity (Wildman–Crippen MR) is 120 cm³/mol. The van der Waals surface area contributed by atoms with Gasteiger partial charge in [0.05, 0.1) is 6.61 Å². The van der Waals surface area contributed by atoms with Crippen LogP contribution in [-0.2, 0) is 24.5 Å². The molecule has 2 aliphatic rings. The van der Waals surface area contributed by atoms with Crippen molar-refractivity contribution in [1.29, 1.82) is 0 Å². The molecule has 0 bridgehead atoms. The van der Waals surface area contributed by atoms with Crippen LogP contribution in [0.2, 0.25) is 0 Å². The Morgan fingerprint density at radius 2 is 1.19 bits per heavy atom. The quantitative estimate of drug-likeness (QED) is 0.591. The van der Waals surface area contributed by atoms with Gasteiger partial charge in [-0.05, 0) is 30.5 Å². The van der Waals surface area contributed by atoms with E-state index in [-0.39, 0.29) is 6.61 Å². The molecule has 0 aromatic heterocycles. The molecule has 0 aliphatic carbocycles. The monoisotopic (exact) mass is 432 g/mol. The van der Waals surface area contributed by atoms with E-state index in [1.807, 2.05) is 68.4 Å². The Morgan fingerprint density at radius 3 is 1.66 bits per heavy atom. The number of benzene rings is 3. The Morgan fingerprint density at radius 1 is 0.750 bits per heavy atom. The third-order valence-corrected chi connectivity index (χ3v) is 6.13. The first-order valence-corrected chi connectivity index (χ1v) is 11.0. The Bertz CT molecular complexity index is 925. The Hall–Kier alpha value is -2.54. The van der Waals surface area contributed by atoms with Gasteiger partial charge in [0, 0.05) is 0 Å². The standard InChI is InChI=1S/C27H28O5/c1-26(2)31-23-22(30-25(28)24(23)32-26)18-29-27(19-12-6-3-7-13-19,20-14-8-4-9-15-20)21-16-10-5-11-17-21/h3-17,22-25,28H,18H2,1-2H3/t22-,23?,24?,25-/m1/s1. The molecular weight excluding hydrogens is 404 g/mol. The predicted octanol–water partition coefficient (Wildman–Crippen LogP) is 4.23. The molecule has 32 heavy (non-hydrogen) atoms. The molecular formula is C27H28O5. The fourth-order valence-corrected chi connectivity index (χ4v) is 4.77. The lowest BCUT2D eigenvalue weighted by Crippen LogP contribution is -2.39. The van der Waals surface area contributed by atoms with Crippen LogP contribution in [0, 0.1) is 0 Å². The van der Waals surface area contributed by atoms with Gasteiger partial charge in [0.2, 0.25) is 0 Å². The van der Waals surface area contributed by atoms with Crippen molar-refractivity contribution in [2.24, 2.45) is 0 Å². The van der Waals surface area contributed by atoms with E-state index in [1.165, 1.54) is 0 Å². The van der Waals surface area contributed by atoms with Crippen LogP contribution in [0.3, 0.4) is 0 Å². The summed E-state index contributed by atoms with van der Waals surface area (Å²) in [6.07, 6.45) is -2.44. The lowest BCUT2D eigenvalue weighted by molar-refractivity contribution is -0.227. The van der Waals surface area contributed by atoms with Crippen molar-refractivity contribution in [3.05, 3.63) is 108 Å². The molecule has 2 saturated heterocycles. The van der Waals surface area contributed by atoms with E-state index in [1.54, 1.807) is 0 Å². The first kappa shape index (κ1) is 21.3. The molecule has 4 atom stereocenters. The maximum Gasteiger partial charge on any atom is 0.184 e. The molecule has 0 saturated carbocycles. The summed E-state index contributed by atoms with van der Waals surface area (Å²) in [5, 5.41) is 10.4. The zero-order valence-corrected chi connectivity index (χ0v) is 18.3. The van der Waals surface area contributed by atoms with Crippen LogP contribution in [0.1, 0.15) is 30.5 Å². The van der Waals surface area contributed by atoms with Gasteiger partial charge in [-0.15, -0.1) is 0 Å². The number of aliphatic hydroxyl groups excluding tert-OH is 1. The Kier molecular flexibility index (Phi) is 5.61. The van der Waals surface area contributed by atoms with Gasteiger partial charge in [-0.3, -0.25) is 0 Å². The molecule has 5 nitrogen and oxygen atoms in total. The normalized spacial score (nSPS) is 26.7. The Balaban J connectivity index is 1.55. The average molecular weight is 433 g/mol. The van der Waals surface area contributed by atoms with Crippen LogP contribution in [0.4, 0.5) is 0 Å². The minimum absolute atomic E-state index is 0.219. The van der Waals surface area contributed by atoms with Crippen LogP contribution >= 0.6 is 0 Å². The van der Waals surface area contributed by atoms with Crippen molar-refractivity contribution in [1.82, 2.24) is 0 Å². The highest BCUT2D eigenvalue weighted by Gasteiger charge is 2.55. The van der Waals surface area contributed by atoms with E-state index in [4.69, 9.17) is 18.9 Å². The smallest absolute Gasteiger partial charge is 0.184 e. The molecule has 2 heterocycles. The second-order valence-electron chi connectivity index (χ2n) is 8.72. The van der Waals surface area contributed by atoms with Gasteiger partial charge < -0.3 is 24.1 Å². The number of ether oxygens (including phenoxy) is 4. The van der Waals surface area contributed by atoms with Crippen LogP contribution < -0.4 is 0 Å². The van der Waals surface area contributed by atoms with Crippen molar-refractivity contribution < 1.29 is 24.1 Å². The highest BCUT2D eigenvalue weighted by atomic mass is 16.8. The summed E-state index contributed by atoms with van der Waals surface area (Å²) >= 11 is 0. The van der Waals surface area contributed by atoms with Gasteiger partial charge in [0.1, 0.15) is 23.9 Å². The second-order valence-corrected chi connectivity index (χ2v) is 8.72. The van der Waals surface area contributed by atoms with Crippen LogP contribution in [0.5, 0.6) is 0 Å². The number of hydrogen-bond acceptors (Lipinski definition) is 5. The molecule has 5 heteroatoms. The molecule has 0 radical (unpaired) electrons. The maximum absolute atomic E-state index is 10.4. The minimum atomic E-state index is -1.05. The number of rotatable bonds is 6. The van der Waals surface area contributed by atoms with Crippen molar-refractivity contribution in [2.75, 3.05) is 6.61 Å². The number of hydrogen-bond donors (Lipinski definition) is 1. The van der Waals surface area contributed by atoms with E-state index in [9.17, 15) is 5.11 Å². The lowest BCUT2D eigenvalue weighted by atomic mass is 9.80. The molecule has 2 aliphatic heterocycles. The molecule has 1 N–H and O–H groups in total. The summed E-state index contributed by atoms with van der Waals surface area (Å²) in [6, 6.07) is 30.5. The molecule has 166 valence electrons. The summed E-state index contributed by atoms with van der Waals surface area (Å²) in [7, 11) is 0. The molecule has 0 spiro atoms. The van der Waals surface area contributed by atoms with Crippen molar-refractivity contribution in [3.8, 4) is 0 Å². The molecule has 0 amide bonds. The average Bonchev–Trinajstić information content (AvgIpc) is 3.29. The molecule has 3 aromatic rings. The van der Waals surface area contributed by atoms with E-state index in [0.29, 0.717) is 0 Å². The number of fused-ring (bicyclic) bond motifs is 1. The van der Waals surface area contributed by atoms with E-state index in [0.717, 1.165) is 16.7 Å². The van der Waals surface area contributed by atoms with Gasteiger partial charge in [-0.2, -0.15) is 0 Å². The van der Waals surface area contributed by atoms with Crippen LogP contribution in [0.25, 0.3) is 0 Å². The maximum atomic E-state index is 10.4. The highest BCUT2D eigenvalue weighted by Crippen LogP contribution is 2.43. The van der Waals surface area contributed by atoms with Gasteiger partial charge >= 0.3 is 0 Å². The zero-order chi connectivity index (χ0) is 22.2. The fraction of sp³-hybridized carbons (Fsp3) is 0.333. The fourth-order valence-electron chi connectivity index (χ4n) is 4.77. The molecule has 5 rings (SSSR count). The largest absolute Gasteiger partial charge is 0.366 e. The van der Waals surface area contributed by atoms with Gasteiger partial charge in [0.25, 0.3) is 0 Å². The van der Waals surface area contributed by atoms with Crippen molar-refractivity contribution in [3.63, 3.8) is 0 Å². The van der Waals surface area contributed by atoms with Gasteiger partial charge in [-0.1, -0.05) is 91.0 Å². The molecule has 3 aromatic carbocycles. The van der Waals surface area contributed by atoms with E-state index in [2.05, 4.69) is 36.4 Å². The summed E-state index contributed by atoms with van der Waals surface area (Å²) in [5.41, 5.74) is 2.18. The SMILES string of the molecule is CC1(C)OC2C(O1)[C@@H](COC(c1ccccc1)(c1ccccc1)c1ccccc1)O[C@H]2O. The topological polar surface area (TPSA) is 57.2 Å². The third-order valence-electron chi connectivity index (χ3n) is 6.13. The van der Waals surface area contributed by atoms with E-state index >= 15 is 0 Å².